The highest BCUT2D eigenvalue weighted by Gasteiger charge is 2.14. The zero-order chi connectivity index (χ0) is 11.8. The van der Waals surface area contributed by atoms with Gasteiger partial charge in [0.1, 0.15) is 0 Å². The van der Waals surface area contributed by atoms with Crippen molar-refractivity contribution < 1.29 is 14.3 Å². The summed E-state index contributed by atoms with van der Waals surface area (Å²) in [5.41, 5.74) is 5.13. The van der Waals surface area contributed by atoms with Crippen molar-refractivity contribution in [3.8, 4) is 0 Å². The van der Waals surface area contributed by atoms with E-state index < -0.39 is 6.09 Å². The van der Waals surface area contributed by atoms with E-state index in [0.717, 1.165) is 6.42 Å². The van der Waals surface area contributed by atoms with Crippen LogP contribution in [0, 0.1) is 11.8 Å². The Bertz CT molecular complexity index is 217. The maximum atomic E-state index is 10.8. The summed E-state index contributed by atoms with van der Waals surface area (Å²) in [6.07, 6.45) is 0.669. The van der Waals surface area contributed by atoms with Crippen LogP contribution in [0.3, 0.4) is 0 Å². The molecule has 0 spiro atoms. The first-order chi connectivity index (χ1) is 6.95. The lowest BCUT2D eigenvalue weighted by Gasteiger charge is -2.17. The van der Waals surface area contributed by atoms with Crippen molar-refractivity contribution in [2.75, 3.05) is 13.7 Å². The number of nitrogens with two attached hydrogens (primary N) is 1. The van der Waals surface area contributed by atoms with Gasteiger partial charge in [0.2, 0.25) is 5.91 Å². The molecule has 0 aromatic rings. The summed E-state index contributed by atoms with van der Waals surface area (Å²) in [6, 6.07) is 0. The molecule has 0 saturated heterocycles. The van der Waals surface area contributed by atoms with Crippen molar-refractivity contribution in [2.24, 2.45) is 17.6 Å². The minimum absolute atomic E-state index is 0.0848. The fourth-order valence-corrected chi connectivity index (χ4v) is 1.49. The summed E-state index contributed by atoms with van der Waals surface area (Å²) in [4.78, 5) is 21.6. The second-order valence-corrected chi connectivity index (χ2v) is 4.04. The minimum atomic E-state index is -0.478. The Morgan fingerprint density at radius 1 is 1.40 bits per heavy atom. The summed E-state index contributed by atoms with van der Waals surface area (Å²) in [6.45, 7) is 4.55. The Morgan fingerprint density at radius 2 is 2.00 bits per heavy atom. The Hall–Kier alpha value is -1.26. The van der Waals surface area contributed by atoms with Gasteiger partial charge in [-0.2, -0.15) is 0 Å². The molecule has 2 amide bonds. The fraction of sp³-hybridized carbons (Fsp3) is 0.800. The molecule has 0 aliphatic rings. The van der Waals surface area contributed by atoms with E-state index in [0.29, 0.717) is 18.9 Å². The summed E-state index contributed by atoms with van der Waals surface area (Å²) in [5, 5.41) is 2.57. The number of hydrogen-bond acceptors (Lipinski definition) is 3. The lowest BCUT2D eigenvalue weighted by atomic mass is 9.94. The van der Waals surface area contributed by atoms with E-state index in [9.17, 15) is 9.59 Å². The van der Waals surface area contributed by atoms with Crippen LogP contribution in [0.4, 0.5) is 4.79 Å². The summed E-state index contributed by atoms with van der Waals surface area (Å²) >= 11 is 0. The highest BCUT2D eigenvalue weighted by atomic mass is 16.5. The molecular formula is C10H20N2O3. The van der Waals surface area contributed by atoms with Crippen LogP contribution in [0.15, 0.2) is 0 Å². The van der Waals surface area contributed by atoms with Gasteiger partial charge in [-0.05, 0) is 18.3 Å². The lowest BCUT2D eigenvalue weighted by molar-refractivity contribution is -0.119. The van der Waals surface area contributed by atoms with Crippen LogP contribution in [-0.2, 0) is 9.53 Å². The van der Waals surface area contributed by atoms with Crippen LogP contribution in [0.2, 0.25) is 0 Å². The Kier molecular flexibility index (Phi) is 6.49. The molecule has 0 aromatic carbocycles. The van der Waals surface area contributed by atoms with Crippen molar-refractivity contribution >= 4 is 12.0 Å². The number of hydrogen-bond donors (Lipinski definition) is 2. The Balaban J connectivity index is 4.00. The first-order valence-electron chi connectivity index (χ1n) is 5.05. The van der Waals surface area contributed by atoms with Crippen LogP contribution in [0.1, 0.15) is 26.7 Å². The SMILES string of the molecule is COC(=O)NC[C@H](CC(N)=O)CC(C)C. The molecule has 0 aliphatic heterocycles. The molecule has 0 aliphatic carbocycles. The molecule has 0 radical (unpaired) electrons. The van der Waals surface area contributed by atoms with Crippen LogP contribution >= 0.6 is 0 Å². The first kappa shape index (κ1) is 13.7. The molecule has 0 aromatic heterocycles. The number of ether oxygens (including phenoxy) is 1. The third-order valence-corrected chi connectivity index (χ3v) is 2.02. The van der Waals surface area contributed by atoms with E-state index in [1.54, 1.807) is 0 Å². The van der Waals surface area contributed by atoms with Gasteiger partial charge in [0, 0.05) is 13.0 Å². The summed E-state index contributed by atoms with van der Waals surface area (Å²) in [7, 11) is 1.31. The van der Waals surface area contributed by atoms with Gasteiger partial charge in [0.15, 0.2) is 0 Å². The number of amides is 2. The van der Waals surface area contributed by atoms with E-state index in [4.69, 9.17) is 5.73 Å². The number of carbonyl (C=O) groups is 2. The lowest BCUT2D eigenvalue weighted by Crippen LogP contribution is -2.32. The van der Waals surface area contributed by atoms with Gasteiger partial charge in [-0.25, -0.2) is 4.79 Å². The molecule has 0 unspecified atom stereocenters. The van der Waals surface area contributed by atoms with Gasteiger partial charge in [0.05, 0.1) is 7.11 Å². The number of nitrogens with one attached hydrogen (secondary N) is 1. The van der Waals surface area contributed by atoms with E-state index in [1.807, 2.05) is 0 Å². The topological polar surface area (TPSA) is 81.4 Å². The average molecular weight is 216 g/mol. The highest BCUT2D eigenvalue weighted by molar-refractivity contribution is 5.74. The smallest absolute Gasteiger partial charge is 0.406 e. The second kappa shape index (κ2) is 7.09. The van der Waals surface area contributed by atoms with Crippen molar-refractivity contribution in [1.82, 2.24) is 5.32 Å². The molecule has 0 rings (SSSR count). The molecule has 0 fully saturated rings. The van der Waals surface area contributed by atoms with Gasteiger partial charge >= 0.3 is 6.09 Å². The van der Waals surface area contributed by atoms with Gasteiger partial charge in [0.25, 0.3) is 0 Å². The zero-order valence-corrected chi connectivity index (χ0v) is 9.58. The largest absolute Gasteiger partial charge is 0.453 e. The van der Waals surface area contributed by atoms with Crippen molar-refractivity contribution in [1.29, 1.82) is 0 Å². The number of rotatable bonds is 6. The molecule has 1 atom stereocenters. The Morgan fingerprint density at radius 3 is 2.40 bits per heavy atom. The number of alkyl carbamates (subject to hydrolysis) is 1. The van der Waals surface area contributed by atoms with Crippen molar-refractivity contribution in [3.05, 3.63) is 0 Å². The average Bonchev–Trinajstić information content (AvgIpc) is 2.11. The normalized spacial score (nSPS) is 12.3. The molecule has 0 heterocycles. The Labute approximate surface area is 90.4 Å². The third kappa shape index (κ3) is 7.78. The molecule has 3 N–H and O–H groups in total. The van der Waals surface area contributed by atoms with Crippen molar-refractivity contribution in [2.45, 2.75) is 26.7 Å². The second-order valence-electron chi connectivity index (χ2n) is 4.04. The molecule has 15 heavy (non-hydrogen) atoms. The number of methoxy groups -OCH3 is 1. The molecule has 5 nitrogen and oxygen atoms in total. The maximum absolute atomic E-state index is 10.8. The van der Waals surface area contributed by atoms with Gasteiger partial charge in [-0.3, -0.25) is 4.79 Å². The minimum Gasteiger partial charge on any atom is -0.453 e. The molecule has 88 valence electrons. The van der Waals surface area contributed by atoms with Crippen LogP contribution in [-0.4, -0.2) is 25.7 Å². The molecule has 5 heteroatoms. The highest BCUT2D eigenvalue weighted by Crippen LogP contribution is 2.14. The van der Waals surface area contributed by atoms with E-state index in [-0.39, 0.29) is 11.8 Å². The monoisotopic (exact) mass is 216 g/mol. The van der Waals surface area contributed by atoms with Gasteiger partial charge < -0.3 is 15.8 Å². The summed E-state index contributed by atoms with van der Waals surface area (Å²) < 4.78 is 4.44. The van der Waals surface area contributed by atoms with E-state index >= 15 is 0 Å². The predicted octanol–water partition coefficient (Wildman–Crippen LogP) is 0.880. The molecular weight excluding hydrogens is 196 g/mol. The van der Waals surface area contributed by atoms with Crippen LogP contribution in [0.5, 0.6) is 0 Å². The molecule has 0 saturated carbocycles. The maximum Gasteiger partial charge on any atom is 0.406 e. The van der Waals surface area contributed by atoms with Gasteiger partial charge in [-0.1, -0.05) is 13.8 Å². The predicted molar refractivity (Wildman–Crippen MR) is 57.2 cm³/mol. The van der Waals surface area contributed by atoms with Crippen LogP contribution in [0.25, 0.3) is 0 Å². The first-order valence-corrected chi connectivity index (χ1v) is 5.05. The van der Waals surface area contributed by atoms with E-state index in [2.05, 4.69) is 23.9 Å². The van der Waals surface area contributed by atoms with Gasteiger partial charge in [-0.15, -0.1) is 0 Å². The standard InChI is InChI=1S/C10H20N2O3/c1-7(2)4-8(5-9(11)13)6-12-10(14)15-3/h7-8H,4-6H2,1-3H3,(H2,11,13)(H,12,14)/t8-/m0/s1. The fourth-order valence-electron chi connectivity index (χ4n) is 1.49. The van der Waals surface area contributed by atoms with E-state index in [1.165, 1.54) is 7.11 Å². The zero-order valence-electron chi connectivity index (χ0n) is 9.58. The summed E-state index contributed by atoms with van der Waals surface area (Å²) in [5.74, 6) is 0.211. The quantitative estimate of drug-likeness (QED) is 0.691. The molecule has 0 bridgehead atoms. The van der Waals surface area contributed by atoms with Crippen LogP contribution < -0.4 is 11.1 Å². The van der Waals surface area contributed by atoms with Crippen molar-refractivity contribution in [3.63, 3.8) is 0 Å². The number of primary amides is 1. The number of carbonyl (C=O) groups excluding carboxylic acids is 2. The third-order valence-electron chi connectivity index (χ3n) is 2.02.